The lowest BCUT2D eigenvalue weighted by Crippen LogP contribution is -2.06. The number of anilines is 1. The largest absolute Gasteiger partial charge is 0.398 e. The van der Waals surface area contributed by atoms with Gasteiger partial charge in [-0.2, -0.15) is 0 Å². The van der Waals surface area contributed by atoms with Gasteiger partial charge in [0.25, 0.3) is 0 Å². The molecule has 1 rings (SSSR count). The highest BCUT2D eigenvalue weighted by Gasteiger charge is 2.11. The third-order valence-electron chi connectivity index (χ3n) is 2.66. The maximum Gasteiger partial charge on any atom is 0.161 e. The topological polar surface area (TPSA) is 43.1 Å². The van der Waals surface area contributed by atoms with Crippen molar-refractivity contribution in [3.63, 3.8) is 0 Å². The maximum absolute atomic E-state index is 11.3. The van der Waals surface area contributed by atoms with E-state index in [1.54, 1.807) is 18.7 Å². The molecule has 1 unspecified atom stereocenters. The number of nitrogen functional groups attached to an aromatic ring is 1. The Bertz CT molecular complexity index is 388. The van der Waals surface area contributed by atoms with Crippen molar-refractivity contribution < 1.29 is 4.79 Å². The van der Waals surface area contributed by atoms with E-state index in [9.17, 15) is 4.79 Å². The summed E-state index contributed by atoms with van der Waals surface area (Å²) in [5.41, 5.74) is 6.94. The van der Waals surface area contributed by atoms with Gasteiger partial charge in [0.2, 0.25) is 0 Å². The predicted molar refractivity (Wildman–Crippen MR) is 71.0 cm³/mol. The van der Waals surface area contributed by atoms with Crippen LogP contribution in [0, 0.1) is 5.92 Å². The summed E-state index contributed by atoms with van der Waals surface area (Å²) in [6, 6.07) is 5.68. The SMILES string of the molecule is CC(=O)c1cc(SC(C)C(C)C)ccc1N. The van der Waals surface area contributed by atoms with Crippen molar-refractivity contribution >= 4 is 23.2 Å². The summed E-state index contributed by atoms with van der Waals surface area (Å²) in [5, 5.41) is 0.531. The lowest BCUT2D eigenvalue weighted by molar-refractivity contribution is 0.101. The fourth-order valence-corrected chi connectivity index (χ4v) is 2.30. The van der Waals surface area contributed by atoms with Crippen molar-refractivity contribution in [3.8, 4) is 0 Å². The molecule has 0 radical (unpaired) electrons. The number of rotatable bonds is 4. The Kier molecular flexibility index (Phi) is 4.42. The van der Waals surface area contributed by atoms with Crippen LogP contribution in [0.25, 0.3) is 0 Å². The molecule has 16 heavy (non-hydrogen) atoms. The molecule has 1 aromatic carbocycles. The second-order valence-corrected chi connectivity index (χ2v) is 5.82. The van der Waals surface area contributed by atoms with Gasteiger partial charge in [-0.25, -0.2) is 0 Å². The van der Waals surface area contributed by atoms with Crippen molar-refractivity contribution in [1.29, 1.82) is 0 Å². The van der Waals surface area contributed by atoms with Gasteiger partial charge in [-0.05, 0) is 31.0 Å². The average molecular weight is 237 g/mol. The molecule has 88 valence electrons. The number of nitrogens with two attached hydrogens (primary N) is 1. The number of Topliss-reactive ketones (excluding diaryl/α,β-unsaturated/α-hetero) is 1. The molecule has 0 aliphatic heterocycles. The molecule has 0 aliphatic carbocycles. The molecule has 0 amide bonds. The summed E-state index contributed by atoms with van der Waals surface area (Å²) in [7, 11) is 0. The first-order valence-corrected chi connectivity index (χ1v) is 6.37. The summed E-state index contributed by atoms with van der Waals surface area (Å²) in [6.07, 6.45) is 0. The minimum Gasteiger partial charge on any atom is -0.398 e. The van der Waals surface area contributed by atoms with Crippen LogP contribution in [0.2, 0.25) is 0 Å². The van der Waals surface area contributed by atoms with Crippen LogP contribution in [-0.4, -0.2) is 11.0 Å². The number of hydrogen-bond acceptors (Lipinski definition) is 3. The minimum absolute atomic E-state index is 0.0251. The molecule has 0 saturated carbocycles. The van der Waals surface area contributed by atoms with Crippen molar-refractivity contribution in [1.82, 2.24) is 0 Å². The molecule has 0 spiro atoms. The molecule has 2 nitrogen and oxygen atoms in total. The first kappa shape index (κ1) is 13.1. The van der Waals surface area contributed by atoms with Gasteiger partial charge in [-0.1, -0.05) is 20.8 Å². The Morgan fingerprint density at radius 3 is 2.44 bits per heavy atom. The highest BCUT2D eigenvalue weighted by Crippen LogP contribution is 2.29. The molecule has 0 saturated heterocycles. The molecule has 1 aromatic rings. The summed E-state index contributed by atoms with van der Waals surface area (Å²) >= 11 is 1.78. The van der Waals surface area contributed by atoms with Gasteiger partial charge in [0.05, 0.1) is 0 Å². The molecule has 0 aromatic heterocycles. The Balaban J connectivity index is 2.91. The van der Waals surface area contributed by atoms with Gasteiger partial charge in [0.1, 0.15) is 0 Å². The molecule has 0 aliphatic rings. The van der Waals surface area contributed by atoms with E-state index in [1.165, 1.54) is 0 Å². The normalized spacial score (nSPS) is 12.8. The first-order valence-electron chi connectivity index (χ1n) is 5.49. The van der Waals surface area contributed by atoms with Crippen LogP contribution in [-0.2, 0) is 0 Å². The highest BCUT2D eigenvalue weighted by molar-refractivity contribution is 8.00. The van der Waals surface area contributed by atoms with Gasteiger partial charge < -0.3 is 5.73 Å². The van der Waals surface area contributed by atoms with Crippen LogP contribution in [0.4, 0.5) is 5.69 Å². The van der Waals surface area contributed by atoms with Crippen LogP contribution >= 0.6 is 11.8 Å². The van der Waals surface area contributed by atoms with Crippen molar-refractivity contribution in [2.24, 2.45) is 5.92 Å². The summed E-state index contributed by atoms with van der Waals surface area (Å²) in [4.78, 5) is 12.5. The van der Waals surface area contributed by atoms with Crippen LogP contribution in [0.1, 0.15) is 38.1 Å². The zero-order valence-electron chi connectivity index (χ0n) is 10.3. The minimum atomic E-state index is 0.0251. The summed E-state index contributed by atoms with van der Waals surface area (Å²) in [5.74, 6) is 0.639. The predicted octanol–water partition coefficient (Wildman–Crippen LogP) is 3.61. The highest BCUT2D eigenvalue weighted by atomic mass is 32.2. The maximum atomic E-state index is 11.3. The Morgan fingerprint density at radius 2 is 1.94 bits per heavy atom. The van der Waals surface area contributed by atoms with E-state index in [1.807, 2.05) is 18.2 Å². The molecule has 0 bridgehead atoms. The van der Waals surface area contributed by atoms with E-state index in [4.69, 9.17) is 5.73 Å². The van der Waals surface area contributed by atoms with Crippen molar-refractivity contribution in [2.45, 2.75) is 37.8 Å². The van der Waals surface area contributed by atoms with Gasteiger partial charge in [0, 0.05) is 21.4 Å². The lowest BCUT2D eigenvalue weighted by atomic mass is 10.1. The van der Waals surface area contributed by atoms with Gasteiger partial charge in [-0.3, -0.25) is 4.79 Å². The second kappa shape index (κ2) is 5.39. The number of carbonyl (C=O) groups excluding carboxylic acids is 1. The molecule has 0 fully saturated rings. The van der Waals surface area contributed by atoms with E-state index < -0.39 is 0 Å². The molecule has 0 heterocycles. The van der Waals surface area contributed by atoms with Crippen LogP contribution < -0.4 is 5.73 Å². The van der Waals surface area contributed by atoms with E-state index in [-0.39, 0.29) is 5.78 Å². The van der Waals surface area contributed by atoms with Crippen LogP contribution in [0.5, 0.6) is 0 Å². The Hall–Kier alpha value is -0.960. The molecular weight excluding hydrogens is 218 g/mol. The third-order valence-corrected chi connectivity index (χ3v) is 4.11. The number of carbonyl (C=O) groups is 1. The summed E-state index contributed by atoms with van der Waals surface area (Å²) < 4.78 is 0. The molecular formula is C13H19NOS. The molecule has 3 heteroatoms. The van der Waals surface area contributed by atoms with E-state index in [2.05, 4.69) is 20.8 Å². The standard InChI is InChI=1S/C13H19NOS/c1-8(2)10(4)16-11-5-6-13(14)12(7-11)9(3)15/h5-8,10H,14H2,1-4H3. The number of hydrogen-bond donors (Lipinski definition) is 1. The molecule has 2 N–H and O–H groups in total. The average Bonchev–Trinajstić information content (AvgIpc) is 2.20. The van der Waals surface area contributed by atoms with Gasteiger partial charge in [0.15, 0.2) is 5.78 Å². The zero-order valence-corrected chi connectivity index (χ0v) is 11.1. The van der Waals surface area contributed by atoms with E-state index in [0.29, 0.717) is 22.4 Å². The zero-order chi connectivity index (χ0) is 12.3. The smallest absolute Gasteiger partial charge is 0.161 e. The summed E-state index contributed by atoms with van der Waals surface area (Å²) in [6.45, 7) is 8.13. The van der Waals surface area contributed by atoms with E-state index in [0.717, 1.165) is 4.90 Å². The fourth-order valence-electron chi connectivity index (χ4n) is 1.26. The van der Waals surface area contributed by atoms with Gasteiger partial charge in [-0.15, -0.1) is 11.8 Å². The fraction of sp³-hybridized carbons (Fsp3) is 0.462. The second-order valence-electron chi connectivity index (χ2n) is 4.37. The quantitative estimate of drug-likeness (QED) is 0.494. The monoisotopic (exact) mass is 237 g/mol. The van der Waals surface area contributed by atoms with Crippen LogP contribution in [0.15, 0.2) is 23.1 Å². The van der Waals surface area contributed by atoms with E-state index >= 15 is 0 Å². The third kappa shape index (κ3) is 3.27. The van der Waals surface area contributed by atoms with Gasteiger partial charge >= 0.3 is 0 Å². The van der Waals surface area contributed by atoms with Crippen molar-refractivity contribution in [2.75, 3.05) is 5.73 Å². The first-order chi connectivity index (χ1) is 7.41. The van der Waals surface area contributed by atoms with Crippen LogP contribution in [0.3, 0.4) is 0 Å². The lowest BCUT2D eigenvalue weighted by Gasteiger charge is -2.15. The number of ketones is 1. The number of thioether (sulfide) groups is 1. The van der Waals surface area contributed by atoms with Crippen molar-refractivity contribution in [3.05, 3.63) is 23.8 Å². The molecule has 1 atom stereocenters. The Labute approximate surface area is 102 Å². The number of benzene rings is 1. The Morgan fingerprint density at radius 1 is 1.31 bits per heavy atom.